The fourth-order valence-corrected chi connectivity index (χ4v) is 2.97. The monoisotopic (exact) mass is 415 g/mol. The average Bonchev–Trinajstić information content (AvgIpc) is 2.67. The number of carbonyl (C=O) groups is 3. The van der Waals surface area contributed by atoms with Crippen molar-refractivity contribution in [3.8, 4) is 0 Å². The zero-order valence-electron chi connectivity index (χ0n) is 16.3. The Balaban J connectivity index is 2.40. The Morgan fingerprint density at radius 2 is 1.80 bits per heavy atom. The van der Waals surface area contributed by atoms with Crippen LogP contribution in [0.4, 0.5) is 5.69 Å². The maximum absolute atomic E-state index is 12.7. The first kappa shape index (κ1) is 22.5. The van der Waals surface area contributed by atoms with Gasteiger partial charge in [-0.2, -0.15) is 0 Å². The highest BCUT2D eigenvalue weighted by atomic mass is 16.6. The standard InChI is InChI=1S/C20H21N3O7/c1-3-30-19(26)14-9-13(10-15(11-14)23(28)29)18(25)22-20(2,27)16(17(21)24)12-7-5-4-6-8-12/h4-11,16,27H,3H2,1-2H3,(H2,21,24)(H,22,25). The SMILES string of the molecule is CCOC(=O)c1cc(C(=O)NC(C)(O)C(C(N)=O)c2ccccc2)cc([N+](=O)[O-])c1. The second-order valence-electron chi connectivity index (χ2n) is 6.59. The number of benzene rings is 2. The molecule has 158 valence electrons. The molecule has 2 aromatic rings. The quantitative estimate of drug-likeness (QED) is 0.254. The molecule has 10 nitrogen and oxygen atoms in total. The fraction of sp³-hybridized carbons (Fsp3) is 0.250. The summed E-state index contributed by atoms with van der Waals surface area (Å²) < 4.78 is 4.82. The Morgan fingerprint density at radius 1 is 1.20 bits per heavy atom. The van der Waals surface area contributed by atoms with Gasteiger partial charge in [-0.25, -0.2) is 4.79 Å². The summed E-state index contributed by atoms with van der Waals surface area (Å²) in [7, 11) is 0. The van der Waals surface area contributed by atoms with Gasteiger partial charge in [0.05, 0.1) is 17.1 Å². The number of non-ortho nitro benzene ring substituents is 1. The predicted octanol–water partition coefficient (Wildman–Crippen LogP) is 1.48. The minimum atomic E-state index is -2.13. The summed E-state index contributed by atoms with van der Waals surface area (Å²) >= 11 is 0. The number of nitrogens with two attached hydrogens (primary N) is 1. The molecule has 30 heavy (non-hydrogen) atoms. The summed E-state index contributed by atoms with van der Waals surface area (Å²) in [5.74, 6) is -3.98. The molecule has 0 heterocycles. The van der Waals surface area contributed by atoms with E-state index >= 15 is 0 Å². The van der Waals surface area contributed by atoms with Crippen molar-refractivity contribution in [2.75, 3.05) is 6.61 Å². The van der Waals surface area contributed by atoms with Crippen LogP contribution in [0.25, 0.3) is 0 Å². The number of ether oxygens (including phenoxy) is 1. The molecule has 2 atom stereocenters. The van der Waals surface area contributed by atoms with Crippen LogP contribution in [0.2, 0.25) is 0 Å². The number of esters is 1. The van der Waals surface area contributed by atoms with Crippen LogP contribution in [0.1, 0.15) is 46.0 Å². The van der Waals surface area contributed by atoms with E-state index < -0.39 is 40.0 Å². The first-order valence-electron chi connectivity index (χ1n) is 8.92. The number of aliphatic hydroxyl groups is 1. The van der Waals surface area contributed by atoms with Crippen LogP contribution >= 0.6 is 0 Å². The highest BCUT2D eigenvalue weighted by molar-refractivity contribution is 5.99. The molecule has 2 aromatic carbocycles. The van der Waals surface area contributed by atoms with Crippen molar-refractivity contribution in [1.82, 2.24) is 5.32 Å². The van der Waals surface area contributed by atoms with Gasteiger partial charge in [0.25, 0.3) is 11.6 Å². The molecule has 0 fully saturated rings. The molecule has 2 rings (SSSR count). The highest BCUT2D eigenvalue weighted by Gasteiger charge is 2.39. The number of rotatable bonds is 8. The smallest absolute Gasteiger partial charge is 0.338 e. The Labute approximate surface area is 171 Å². The molecule has 0 aromatic heterocycles. The lowest BCUT2D eigenvalue weighted by Crippen LogP contribution is -2.54. The first-order valence-corrected chi connectivity index (χ1v) is 8.92. The lowest BCUT2D eigenvalue weighted by atomic mass is 9.88. The van der Waals surface area contributed by atoms with Crippen LogP contribution in [-0.4, -0.2) is 40.1 Å². The third-order valence-electron chi connectivity index (χ3n) is 4.25. The van der Waals surface area contributed by atoms with Gasteiger partial charge in [0.15, 0.2) is 5.72 Å². The molecule has 0 radical (unpaired) electrons. The number of nitrogens with one attached hydrogen (secondary N) is 1. The van der Waals surface area contributed by atoms with Gasteiger partial charge in [-0.05, 0) is 25.5 Å². The molecule has 0 saturated heterocycles. The molecule has 2 amide bonds. The van der Waals surface area contributed by atoms with E-state index in [1.165, 1.54) is 6.92 Å². The number of nitro benzene ring substituents is 1. The Kier molecular flexibility index (Phi) is 6.85. The number of hydrogen-bond acceptors (Lipinski definition) is 7. The minimum absolute atomic E-state index is 0.0368. The number of nitro groups is 1. The number of amides is 2. The molecule has 0 aliphatic rings. The van der Waals surface area contributed by atoms with Crippen LogP contribution in [0, 0.1) is 10.1 Å². The zero-order valence-corrected chi connectivity index (χ0v) is 16.3. The van der Waals surface area contributed by atoms with Gasteiger partial charge in [0, 0.05) is 17.7 Å². The maximum Gasteiger partial charge on any atom is 0.338 e. The molecule has 0 bridgehead atoms. The van der Waals surface area contributed by atoms with Crippen molar-refractivity contribution < 1.29 is 29.2 Å². The van der Waals surface area contributed by atoms with Gasteiger partial charge in [0.1, 0.15) is 5.92 Å². The van der Waals surface area contributed by atoms with Gasteiger partial charge in [-0.15, -0.1) is 0 Å². The van der Waals surface area contributed by atoms with Crippen molar-refractivity contribution in [3.63, 3.8) is 0 Å². The first-order chi connectivity index (χ1) is 14.1. The van der Waals surface area contributed by atoms with Crippen LogP contribution in [-0.2, 0) is 9.53 Å². The molecule has 0 aliphatic carbocycles. The number of nitrogens with zero attached hydrogens (tertiary/aromatic N) is 1. The second-order valence-corrected chi connectivity index (χ2v) is 6.59. The molecular weight excluding hydrogens is 394 g/mol. The zero-order chi connectivity index (χ0) is 22.5. The molecule has 0 saturated carbocycles. The normalized spacial score (nSPS) is 13.6. The summed E-state index contributed by atoms with van der Waals surface area (Å²) in [6.45, 7) is 2.78. The van der Waals surface area contributed by atoms with Crippen molar-refractivity contribution >= 4 is 23.5 Å². The minimum Gasteiger partial charge on any atom is -0.462 e. The third-order valence-corrected chi connectivity index (χ3v) is 4.25. The molecule has 4 N–H and O–H groups in total. The third kappa shape index (κ3) is 5.17. The number of carbonyl (C=O) groups excluding carboxylic acids is 3. The van der Waals surface area contributed by atoms with E-state index in [1.54, 1.807) is 37.3 Å². The van der Waals surface area contributed by atoms with Crippen molar-refractivity contribution in [2.45, 2.75) is 25.5 Å². The van der Waals surface area contributed by atoms with E-state index in [4.69, 9.17) is 10.5 Å². The van der Waals surface area contributed by atoms with Crippen LogP contribution in [0.15, 0.2) is 48.5 Å². The summed E-state index contributed by atoms with van der Waals surface area (Å²) in [6.07, 6.45) is 0. The van der Waals surface area contributed by atoms with Crippen molar-refractivity contribution in [3.05, 3.63) is 75.3 Å². The Morgan fingerprint density at radius 3 is 2.33 bits per heavy atom. The van der Waals surface area contributed by atoms with Crippen LogP contribution in [0.5, 0.6) is 0 Å². The number of primary amides is 1. The second kappa shape index (κ2) is 9.14. The highest BCUT2D eigenvalue weighted by Crippen LogP contribution is 2.27. The van der Waals surface area contributed by atoms with Crippen LogP contribution in [0.3, 0.4) is 0 Å². The molecule has 0 aliphatic heterocycles. The van der Waals surface area contributed by atoms with Crippen molar-refractivity contribution in [2.24, 2.45) is 5.73 Å². The summed E-state index contributed by atoms with van der Waals surface area (Å²) in [6, 6.07) is 11.1. The Bertz CT molecular complexity index is 974. The largest absolute Gasteiger partial charge is 0.462 e. The molecule has 0 spiro atoms. The fourth-order valence-electron chi connectivity index (χ4n) is 2.97. The Hall–Kier alpha value is -3.79. The average molecular weight is 415 g/mol. The van der Waals surface area contributed by atoms with E-state index in [1.807, 2.05) is 0 Å². The molecule has 10 heteroatoms. The summed E-state index contributed by atoms with van der Waals surface area (Å²) in [5.41, 5.74) is 2.67. The van der Waals surface area contributed by atoms with Gasteiger partial charge < -0.3 is 20.9 Å². The van der Waals surface area contributed by atoms with Crippen molar-refractivity contribution in [1.29, 1.82) is 0 Å². The topological polar surface area (TPSA) is 162 Å². The molecule has 2 unspecified atom stereocenters. The van der Waals surface area contributed by atoms with Crippen LogP contribution < -0.4 is 11.1 Å². The lowest BCUT2D eigenvalue weighted by molar-refractivity contribution is -0.384. The van der Waals surface area contributed by atoms with Gasteiger partial charge in [0.2, 0.25) is 5.91 Å². The van der Waals surface area contributed by atoms with Gasteiger partial charge in [-0.3, -0.25) is 19.7 Å². The van der Waals surface area contributed by atoms with E-state index in [0.29, 0.717) is 5.56 Å². The lowest BCUT2D eigenvalue weighted by Gasteiger charge is -2.32. The van der Waals surface area contributed by atoms with E-state index in [2.05, 4.69) is 5.32 Å². The summed E-state index contributed by atoms with van der Waals surface area (Å²) in [4.78, 5) is 47.1. The van der Waals surface area contributed by atoms with Gasteiger partial charge in [-0.1, -0.05) is 30.3 Å². The van der Waals surface area contributed by atoms with E-state index in [-0.39, 0.29) is 17.7 Å². The van der Waals surface area contributed by atoms with E-state index in [9.17, 15) is 29.6 Å². The predicted molar refractivity (Wildman–Crippen MR) is 106 cm³/mol. The van der Waals surface area contributed by atoms with E-state index in [0.717, 1.165) is 18.2 Å². The molecular formula is C20H21N3O7. The summed E-state index contributed by atoms with van der Waals surface area (Å²) in [5, 5.41) is 24.3. The van der Waals surface area contributed by atoms with Gasteiger partial charge >= 0.3 is 5.97 Å². The number of hydrogen-bond donors (Lipinski definition) is 3. The maximum atomic E-state index is 12.7.